The molecule has 1 radical (unpaired) electrons. The zero-order valence-electron chi connectivity index (χ0n) is 5.39. The zero-order chi connectivity index (χ0) is 5.98. The van der Waals surface area contributed by atoms with E-state index in [1.165, 1.54) is 12.8 Å². The molecule has 0 aliphatic carbocycles. The molecule has 0 spiro atoms. The van der Waals surface area contributed by atoms with Crippen LogP contribution in [0.3, 0.4) is 0 Å². The molecule has 0 amide bonds. The number of hydrogen-bond acceptors (Lipinski definition) is 1. The van der Waals surface area contributed by atoms with Gasteiger partial charge in [0.2, 0.25) is 0 Å². The van der Waals surface area contributed by atoms with Crippen LogP contribution in [0.1, 0.15) is 19.8 Å². The Morgan fingerprint density at radius 3 is 2.88 bits per heavy atom. The largest absolute Gasteiger partial charge is 0.373 e. The van der Waals surface area contributed by atoms with Gasteiger partial charge >= 0.3 is 0 Å². The van der Waals surface area contributed by atoms with Crippen LogP contribution in [-0.2, 0) is 4.74 Å². The third-order valence-corrected chi connectivity index (χ3v) is 1.38. The van der Waals surface area contributed by atoms with Crippen molar-refractivity contribution in [1.82, 2.24) is 0 Å². The molecule has 47 valence electrons. The third-order valence-electron chi connectivity index (χ3n) is 1.38. The van der Waals surface area contributed by atoms with Crippen LogP contribution in [0, 0.1) is 12.8 Å². The molecular weight excluding hydrogens is 100 g/mol. The Balaban J connectivity index is 1.87. The van der Waals surface area contributed by atoms with Gasteiger partial charge in [0.25, 0.3) is 0 Å². The van der Waals surface area contributed by atoms with Crippen LogP contribution in [0.25, 0.3) is 0 Å². The molecule has 0 saturated carbocycles. The lowest BCUT2D eigenvalue weighted by molar-refractivity contribution is 0.383. The summed E-state index contributed by atoms with van der Waals surface area (Å²) in [6.07, 6.45) is 3.02. The van der Waals surface area contributed by atoms with E-state index in [4.69, 9.17) is 4.74 Å². The molecule has 2 atom stereocenters. The molecule has 1 saturated heterocycles. The van der Waals surface area contributed by atoms with Gasteiger partial charge in [0, 0.05) is 0 Å². The van der Waals surface area contributed by atoms with Crippen LogP contribution in [0.15, 0.2) is 0 Å². The monoisotopic (exact) mass is 113 g/mol. The van der Waals surface area contributed by atoms with Gasteiger partial charge in [-0.25, -0.2) is 0 Å². The van der Waals surface area contributed by atoms with Crippen LogP contribution in [0.5, 0.6) is 0 Å². The average Bonchev–Trinajstić information content (AvgIpc) is 2.41. The molecule has 0 bridgehead atoms. The van der Waals surface area contributed by atoms with E-state index < -0.39 is 0 Å². The minimum absolute atomic E-state index is 0.596. The Hall–Kier alpha value is -0.0400. The van der Waals surface area contributed by atoms with Gasteiger partial charge in [0.1, 0.15) is 0 Å². The van der Waals surface area contributed by atoms with Crippen molar-refractivity contribution >= 4 is 0 Å². The summed E-state index contributed by atoms with van der Waals surface area (Å²) in [5.41, 5.74) is 0. The minimum atomic E-state index is 0.596. The van der Waals surface area contributed by atoms with E-state index in [0.717, 1.165) is 6.61 Å². The molecule has 0 N–H and O–H groups in total. The first-order valence-corrected chi connectivity index (χ1v) is 3.23. The highest BCUT2D eigenvalue weighted by atomic mass is 16.6. The second-order valence-electron chi connectivity index (χ2n) is 2.64. The molecule has 0 aromatic carbocycles. The van der Waals surface area contributed by atoms with Gasteiger partial charge < -0.3 is 4.74 Å². The van der Waals surface area contributed by atoms with Gasteiger partial charge in [-0.15, -0.1) is 0 Å². The maximum atomic E-state index is 5.03. The van der Waals surface area contributed by atoms with Gasteiger partial charge in [-0.3, -0.25) is 0 Å². The van der Waals surface area contributed by atoms with Crippen LogP contribution < -0.4 is 0 Å². The summed E-state index contributed by atoms with van der Waals surface area (Å²) in [5, 5.41) is 0. The van der Waals surface area contributed by atoms with E-state index in [-0.39, 0.29) is 0 Å². The number of hydrogen-bond donors (Lipinski definition) is 0. The van der Waals surface area contributed by atoms with Crippen LogP contribution in [-0.4, -0.2) is 12.7 Å². The van der Waals surface area contributed by atoms with E-state index >= 15 is 0 Å². The summed E-state index contributed by atoms with van der Waals surface area (Å²) in [6.45, 7) is 7.02. The van der Waals surface area contributed by atoms with Gasteiger partial charge in [0.15, 0.2) is 0 Å². The fourth-order valence-corrected chi connectivity index (χ4v) is 0.705. The van der Waals surface area contributed by atoms with E-state index in [1.54, 1.807) is 0 Å². The van der Waals surface area contributed by atoms with Crippen molar-refractivity contribution in [3.8, 4) is 0 Å². The predicted octanol–water partition coefficient (Wildman–Crippen LogP) is 1.64. The van der Waals surface area contributed by atoms with Gasteiger partial charge in [-0.2, -0.15) is 0 Å². The Morgan fingerprint density at radius 2 is 2.50 bits per heavy atom. The molecule has 1 fully saturated rings. The highest BCUT2D eigenvalue weighted by Gasteiger charge is 2.21. The van der Waals surface area contributed by atoms with E-state index in [0.29, 0.717) is 12.0 Å². The third kappa shape index (κ3) is 2.31. The van der Waals surface area contributed by atoms with Crippen LogP contribution >= 0.6 is 0 Å². The highest BCUT2D eigenvalue weighted by molar-refractivity contribution is 4.70. The normalized spacial score (nSPS) is 26.6. The summed E-state index contributed by atoms with van der Waals surface area (Å²) < 4.78 is 5.03. The lowest BCUT2D eigenvalue weighted by Gasteiger charge is -1.98. The zero-order valence-corrected chi connectivity index (χ0v) is 5.39. The number of ether oxygens (including phenoxy) is 1. The molecule has 0 aromatic rings. The van der Waals surface area contributed by atoms with Crippen molar-refractivity contribution < 1.29 is 4.74 Å². The topological polar surface area (TPSA) is 12.5 Å². The second-order valence-corrected chi connectivity index (χ2v) is 2.64. The summed E-state index contributed by atoms with van der Waals surface area (Å²) in [5.74, 6) is 0.596. The van der Waals surface area contributed by atoms with Gasteiger partial charge in [-0.1, -0.05) is 13.8 Å². The van der Waals surface area contributed by atoms with Crippen molar-refractivity contribution in [2.45, 2.75) is 25.9 Å². The Kier molecular flexibility index (Phi) is 1.90. The molecule has 1 aliphatic rings. The number of epoxide rings is 1. The SMILES string of the molecule is [CH2]C(C)CCC1CO1. The lowest BCUT2D eigenvalue weighted by atomic mass is 10.1. The summed E-state index contributed by atoms with van der Waals surface area (Å²) in [7, 11) is 0. The van der Waals surface area contributed by atoms with Crippen LogP contribution in [0.2, 0.25) is 0 Å². The molecule has 1 heteroatoms. The first-order chi connectivity index (χ1) is 3.79. The van der Waals surface area contributed by atoms with E-state index in [1.807, 2.05) is 0 Å². The molecular formula is C7H13O. The second kappa shape index (κ2) is 2.49. The molecule has 1 heterocycles. The average molecular weight is 113 g/mol. The summed E-state index contributed by atoms with van der Waals surface area (Å²) in [6, 6.07) is 0. The predicted molar refractivity (Wildman–Crippen MR) is 33.5 cm³/mol. The molecule has 8 heavy (non-hydrogen) atoms. The lowest BCUT2D eigenvalue weighted by Crippen LogP contribution is -1.91. The molecule has 2 unspecified atom stereocenters. The van der Waals surface area contributed by atoms with Crippen molar-refractivity contribution in [3.63, 3.8) is 0 Å². The van der Waals surface area contributed by atoms with E-state index in [2.05, 4.69) is 13.8 Å². The summed E-state index contributed by atoms with van der Waals surface area (Å²) >= 11 is 0. The van der Waals surface area contributed by atoms with Crippen molar-refractivity contribution in [3.05, 3.63) is 6.92 Å². The van der Waals surface area contributed by atoms with Crippen molar-refractivity contribution in [1.29, 1.82) is 0 Å². The minimum Gasteiger partial charge on any atom is -0.373 e. The Labute approximate surface area is 51.0 Å². The molecule has 1 rings (SSSR count). The van der Waals surface area contributed by atoms with Gasteiger partial charge in [0.05, 0.1) is 12.7 Å². The number of rotatable bonds is 3. The fraction of sp³-hybridized carbons (Fsp3) is 0.857. The molecule has 0 aromatic heterocycles. The van der Waals surface area contributed by atoms with Gasteiger partial charge in [-0.05, 0) is 18.8 Å². The molecule has 1 aliphatic heterocycles. The quantitative estimate of drug-likeness (QED) is 0.507. The fourth-order valence-electron chi connectivity index (χ4n) is 0.705. The maximum absolute atomic E-state index is 5.03. The first kappa shape index (κ1) is 6.09. The highest BCUT2D eigenvalue weighted by Crippen LogP contribution is 2.17. The standard InChI is InChI=1S/C7H13O/c1-6(2)3-4-7-5-8-7/h6-7H,1,3-5H2,2H3. The van der Waals surface area contributed by atoms with Crippen molar-refractivity contribution in [2.24, 2.45) is 5.92 Å². The summed E-state index contributed by atoms with van der Waals surface area (Å²) in [4.78, 5) is 0. The smallest absolute Gasteiger partial charge is 0.0810 e. The Morgan fingerprint density at radius 1 is 1.88 bits per heavy atom. The first-order valence-electron chi connectivity index (χ1n) is 3.23. The van der Waals surface area contributed by atoms with E-state index in [9.17, 15) is 0 Å². The molecule has 1 nitrogen and oxygen atoms in total. The van der Waals surface area contributed by atoms with Crippen molar-refractivity contribution in [2.75, 3.05) is 6.61 Å². The van der Waals surface area contributed by atoms with Crippen LogP contribution in [0.4, 0.5) is 0 Å². The maximum Gasteiger partial charge on any atom is 0.0810 e. The Bertz CT molecular complexity index is 62.8.